The minimum atomic E-state index is -0.310. The van der Waals surface area contributed by atoms with Crippen LogP contribution in [0.3, 0.4) is 0 Å². The predicted octanol–water partition coefficient (Wildman–Crippen LogP) is 1.94. The third-order valence-corrected chi connectivity index (χ3v) is 5.36. The lowest BCUT2D eigenvalue weighted by Crippen LogP contribution is -2.42. The molecule has 1 aliphatic carbocycles. The van der Waals surface area contributed by atoms with Crippen molar-refractivity contribution in [1.82, 2.24) is 18.7 Å². The van der Waals surface area contributed by atoms with Crippen molar-refractivity contribution >= 4 is 11.2 Å². The van der Waals surface area contributed by atoms with Gasteiger partial charge in [0.1, 0.15) is 0 Å². The SMILES string of the molecule is Cc1cccc(C#Cc2nc3c(c(=O)n(CC4CCC4)c(=O)n3C)n2C)c1. The molecule has 3 aromatic rings. The first-order valence-corrected chi connectivity index (χ1v) is 9.20. The first-order chi connectivity index (χ1) is 13.0. The molecule has 0 unspecified atom stereocenters. The van der Waals surface area contributed by atoms with Gasteiger partial charge in [0.25, 0.3) is 5.56 Å². The van der Waals surface area contributed by atoms with Gasteiger partial charge in [-0.3, -0.25) is 13.9 Å². The molecule has 138 valence electrons. The molecule has 2 aromatic heterocycles. The second kappa shape index (κ2) is 6.58. The molecule has 0 spiro atoms. The summed E-state index contributed by atoms with van der Waals surface area (Å²) in [6.45, 7) is 2.50. The molecule has 0 atom stereocenters. The lowest BCUT2D eigenvalue weighted by Gasteiger charge is -2.25. The van der Waals surface area contributed by atoms with Crippen LogP contribution in [0.4, 0.5) is 0 Å². The van der Waals surface area contributed by atoms with Crippen molar-refractivity contribution in [3.63, 3.8) is 0 Å². The average Bonchev–Trinajstić information content (AvgIpc) is 2.93. The van der Waals surface area contributed by atoms with Gasteiger partial charge in [-0.15, -0.1) is 0 Å². The largest absolute Gasteiger partial charge is 0.332 e. The molecule has 2 heterocycles. The number of nitrogens with zero attached hydrogens (tertiary/aromatic N) is 4. The Bertz CT molecular complexity index is 1210. The lowest BCUT2D eigenvalue weighted by molar-refractivity contribution is 0.268. The Balaban J connectivity index is 1.84. The van der Waals surface area contributed by atoms with Crippen molar-refractivity contribution in [2.75, 3.05) is 0 Å². The fourth-order valence-corrected chi connectivity index (χ4v) is 3.50. The summed E-state index contributed by atoms with van der Waals surface area (Å²) in [7, 11) is 3.43. The molecule has 0 bridgehead atoms. The number of imidazole rings is 1. The Kier molecular flexibility index (Phi) is 4.23. The van der Waals surface area contributed by atoms with Gasteiger partial charge in [0.2, 0.25) is 0 Å². The van der Waals surface area contributed by atoms with Crippen molar-refractivity contribution in [1.29, 1.82) is 0 Å². The second-order valence-electron chi connectivity index (χ2n) is 7.34. The third kappa shape index (κ3) is 2.99. The highest BCUT2D eigenvalue weighted by Gasteiger charge is 2.23. The van der Waals surface area contributed by atoms with Crippen LogP contribution in [-0.2, 0) is 20.6 Å². The Hall–Kier alpha value is -3.07. The number of hydrogen-bond donors (Lipinski definition) is 0. The first-order valence-electron chi connectivity index (χ1n) is 9.20. The standard InChI is InChI=1S/C21H22N4O2/c1-14-6-4-7-15(12-14)10-11-17-22-19-18(23(17)2)20(26)25(21(27)24(19)3)13-16-8-5-9-16/h4,6-7,12,16H,5,8-9,13H2,1-3H3. The predicted molar refractivity (Wildman–Crippen MR) is 105 cm³/mol. The molecule has 4 rings (SSSR count). The van der Waals surface area contributed by atoms with E-state index in [1.54, 1.807) is 18.7 Å². The number of rotatable bonds is 2. The second-order valence-corrected chi connectivity index (χ2v) is 7.34. The molecule has 0 N–H and O–H groups in total. The highest BCUT2D eigenvalue weighted by molar-refractivity contribution is 5.72. The number of aromatic nitrogens is 4. The van der Waals surface area contributed by atoms with Gasteiger partial charge < -0.3 is 4.57 Å². The highest BCUT2D eigenvalue weighted by atomic mass is 16.2. The van der Waals surface area contributed by atoms with Crippen LogP contribution < -0.4 is 11.2 Å². The summed E-state index contributed by atoms with van der Waals surface area (Å²) in [5.41, 5.74) is 2.23. The zero-order valence-corrected chi connectivity index (χ0v) is 15.8. The first kappa shape index (κ1) is 17.3. The maximum absolute atomic E-state index is 13.0. The summed E-state index contributed by atoms with van der Waals surface area (Å²) in [5, 5.41) is 0. The quantitative estimate of drug-likeness (QED) is 0.655. The van der Waals surface area contributed by atoms with Crippen molar-refractivity contribution in [2.24, 2.45) is 20.0 Å². The molecular weight excluding hydrogens is 340 g/mol. The molecule has 1 saturated carbocycles. The molecular formula is C21H22N4O2. The maximum Gasteiger partial charge on any atom is 0.332 e. The number of fused-ring (bicyclic) bond motifs is 1. The highest BCUT2D eigenvalue weighted by Crippen LogP contribution is 2.27. The van der Waals surface area contributed by atoms with E-state index in [4.69, 9.17) is 0 Å². The third-order valence-electron chi connectivity index (χ3n) is 5.36. The fraction of sp³-hybridized carbons (Fsp3) is 0.381. The van der Waals surface area contributed by atoms with E-state index in [2.05, 4.69) is 16.8 Å². The van der Waals surface area contributed by atoms with Gasteiger partial charge in [-0.2, -0.15) is 0 Å². The molecule has 0 radical (unpaired) electrons. The van der Waals surface area contributed by atoms with Crippen molar-refractivity contribution in [3.8, 4) is 11.8 Å². The average molecular weight is 362 g/mol. The molecule has 1 aromatic carbocycles. The Labute approximate surface area is 157 Å². The van der Waals surface area contributed by atoms with E-state index < -0.39 is 0 Å². The van der Waals surface area contributed by atoms with Crippen molar-refractivity contribution < 1.29 is 0 Å². The zero-order valence-electron chi connectivity index (χ0n) is 15.8. The van der Waals surface area contributed by atoms with Gasteiger partial charge in [-0.05, 0) is 49.3 Å². The fourth-order valence-electron chi connectivity index (χ4n) is 3.50. The van der Waals surface area contributed by atoms with E-state index in [1.807, 2.05) is 31.2 Å². The van der Waals surface area contributed by atoms with E-state index in [0.29, 0.717) is 29.5 Å². The Morgan fingerprint density at radius 2 is 1.93 bits per heavy atom. The molecule has 0 aliphatic heterocycles. The van der Waals surface area contributed by atoms with E-state index in [1.165, 1.54) is 15.6 Å². The lowest BCUT2D eigenvalue weighted by atomic mass is 9.85. The van der Waals surface area contributed by atoms with Crippen LogP contribution in [-0.4, -0.2) is 18.7 Å². The van der Waals surface area contributed by atoms with Gasteiger partial charge in [0.15, 0.2) is 17.0 Å². The normalized spacial score (nSPS) is 14.0. The van der Waals surface area contributed by atoms with Crippen LogP contribution in [0.1, 0.15) is 36.2 Å². The number of benzene rings is 1. The summed E-state index contributed by atoms with van der Waals surface area (Å²) in [6, 6.07) is 7.90. The zero-order chi connectivity index (χ0) is 19.1. The summed E-state index contributed by atoms with van der Waals surface area (Å²) in [4.78, 5) is 30.1. The van der Waals surface area contributed by atoms with Gasteiger partial charge in [-0.25, -0.2) is 9.78 Å². The van der Waals surface area contributed by atoms with Crippen molar-refractivity contribution in [2.45, 2.75) is 32.7 Å². The minimum Gasteiger partial charge on any atom is -0.314 e. The van der Waals surface area contributed by atoms with Crippen LogP contribution in [0.25, 0.3) is 11.2 Å². The topological polar surface area (TPSA) is 61.8 Å². The molecule has 0 amide bonds. The van der Waals surface area contributed by atoms with Crippen LogP contribution in [0, 0.1) is 24.7 Å². The molecule has 6 nitrogen and oxygen atoms in total. The van der Waals surface area contributed by atoms with E-state index in [-0.39, 0.29) is 11.2 Å². The minimum absolute atomic E-state index is 0.279. The van der Waals surface area contributed by atoms with E-state index >= 15 is 0 Å². The van der Waals surface area contributed by atoms with Gasteiger partial charge in [-0.1, -0.05) is 24.5 Å². The van der Waals surface area contributed by atoms with Crippen LogP contribution in [0.5, 0.6) is 0 Å². The van der Waals surface area contributed by atoms with Crippen molar-refractivity contribution in [3.05, 3.63) is 62.1 Å². The molecule has 1 aliphatic rings. The summed E-state index contributed by atoms with van der Waals surface area (Å²) in [6.07, 6.45) is 3.32. The van der Waals surface area contributed by atoms with Gasteiger partial charge in [0, 0.05) is 26.2 Å². The van der Waals surface area contributed by atoms with Crippen LogP contribution >= 0.6 is 0 Å². The Morgan fingerprint density at radius 3 is 2.59 bits per heavy atom. The molecule has 0 saturated heterocycles. The summed E-state index contributed by atoms with van der Waals surface area (Å²) >= 11 is 0. The van der Waals surface area contributed by atoms with Gasteiger partial charge >= 0.3 is 5.69 Å². The maximum atomic E-state index is 13.0. The monoisotopic (exact) mass is 362 g/mol. The van der Waals surface area contributed by atoms with Crippen LogP contribution in [0.2, 0.25) is 0 Å². The number of aryl methyl sites for hydroxylation is 3. The molecule has 6 heteroatoms. The number of hydrogen-bond acceptors (Lipinski definition) is 3. The molecule has 27 heavy (non-hydrogen) atoms. The summed E-state index contributed by atoms with van der Waals surface area (Å²) in [5.74, 6) is 7.02. The Morgan fingerprint density at radius 1 is 1.15 bits per heavy atom. The van der Waals surface area contributed by atoms with E-state index in [9.17, 15) is 9.59 Å². The van der Waals surface area contributed by atoms with Crippen LogP contribution in [0.15, 0.2) is 33.9 Å². The van der Waals surface area contributed by atoms with E-state index in [0.717, 1.165) is 24.0 Å². The molecule has 1 fully saturated rings. The van der Waals surface area contributed by atoms with Gasteiger partial charge in [0.05, 0.1) is 0 Å². The summed E-state index contributed by atoms with van der Waals surface area (Å²) < 4.78 is 4.50. The smallest absolute Gasteiger partial charge is 0.314 e.